The molecule has 0 unspecified atom stereocenters. The van der Waals surface area contributed by atoms with Gasteiger partial charge in [-0.1, -0.05) is 13.8 Å². The van der Waals surface area contributed by atoms with Crippen molar-refractivity contribution in [1.29, 1.82) is 0 Å². The Balaban J connectivity index is 1.47. The summed E-state index contributed by atoms with van der Waals surface area (Å²) in [5.74, 6) is 2.52. The predicted molar refractivity (Wildman–Crippen MR) is 86.5 cm³/mol. The van der Waals surface area contributed by atoms with Gasteiger partial charge in [0, 0.05) is 42.9 Å². The molecular formula is C15H21N5OS. The molecule has 0 atom stereocenters. The molecule has 0 bridgehead atoms. The highest BCUT2D eigenvalue weighted by atomic mass is 32.1. The third-order valence-corrected chi connectivity index (χ3v) is 4.63. The number of hydrogen-bond donors (Lipinski definition) is 0. The van der Waals surface area contributed by atoms with Crippen LogP contribution in [-0.2, 0) is 0 Å². The highest BCUT2D eigenvalue weighted by molar-refractivity contribution is 7.09. The third kappa shape index (κ3) is 3.71. The van der Waals surface area contributed by atoms with Crippen LogP contribution >= 0.6 is 11.5 Å². The van der Waals surface area contributed by atoms with Crippen molar-refractivity contribution in [3.8, 4) is 5.88 Å². The maximum absolute atomic E-state index is 5.70. The second kappa shape index (κ2) is 7.00. The van der Waals surface area contributed by atoms with E-state index in [0.717, 1.165) is 36.9 Å². The van der Waals surface area contributed by atoms with E-state index in [0.29, 0.717) is 24.3 Å². The predicted octanol–water partition coefficient (Wildman–Crippen LogP) is 2.75. The minimum Gasteiger partial charge on any atom is -0.476 e. The molecule has 3 rings (SSSR count). The number of nitrogens with zero attached hydrogens (tertiary/aromatic N) is 5. The molecule has 3 heterocycles. The molecule has 1 aliphatic rings. The molecule has 0 N–H and O–H groups in total. The van der Waals surface area contributed by atoms with E-state index < -0.39 is 0 Å². The van der Waals surface area contributed by atoms with E-state index in [1.807, 2.05) is 0 Å². The zero-order chi connectivity index (χ0) is 15.4. The fourth-order valence-electron chi connectivity index (χ4n) is 2.44. The van der Waals surface area contributed by atoms with Crippen molar-refractivity contribution in [2.45, 2.75) is 32.6 Å². The molecule has 0 saturated carbocycles. The van der Waals surface area contributed by atoms with Crippen LogP contribution in [0, 0.1) is 5.92 Å². The number of piperidine rings is 1. The summed E-state index contributed by atoms with van der Waals surface area (Å²) in [6.45, 7) is 6.99. The topological polar surface area (TPSA) is 64.0 Å². The standard InChI is InChI=1S/C15H21N5OS/c1-11(2)14-18-15(22-19-14)20-7-3-12(4-8-20)10-21-13-9-16-5-6-17-13/h5-6,9,11-12H,3-4,7-8,10H2,1-2H3. The molecule has 0 aromatic carbocycles. The minimum absolute atomic E-state index is 0.392. The fourth-order valence-corrected chi connectivity index (χ4v) is 3.30. The van der Waals surface area contributed by atoms with E-state index in [9.17, 15) is 0 Å². The summed E-state index contributed by atoms with van der Waals surface area (Å²) in [6, 6.07) is 0. The minimum atomic E-state index is 0.392. The monoisotopic (exact) mass is 319 g/mol. The van der Waals surface area contributed by atoms with Crippen LogP contribution in [0.15, 0.2) is 18.6 Å². The molecule has 1 fully saturated rings. The first kappa shape index (κ1) is 15.1. The van der Waals surface area contributed by atoms with Gasteiger partial charge in [0.2, 0.25) is 11.0 Å². The van der Waals surface area contributed by atoms with Gasteiger partial charge in [-0.25, -0.2) is 9.97 Å². The molecule has 0 aliphatic carbocycles. The van der Waals surface area contributed by atoms with Crippen LogP contribution < -0.4 is 9.64 Å². The molecule has 22 heavy (non-hydrogen) atoms. The van der Waals surface area contributed by atoms with Gasteiger partial charge in [-0.3, -0.25) is 4.98 Å². The summed E-state index contributed by atoms with van der Waals surface area (Å²) in [7, 11) is 0. The molecule has 1 aliphatic heterocycles. The van der Waals surface area contributed by atoms with Crippen LogP contribution in [0.1, 0.15) is 38.4 Å². The zero-order valence-electron chi connectivity index (χ0n) is 13.0. The Kier molecular flexibility index (Phi) is 4.82. The normalized spacial score (nSPS) is 16.2. The van der Waals surface area contributed by atoms with E-state index in [2.05, 4.69) is 38.1 Å². The Morgan fingerprint density at radius 3 is 2.77 bits per heavy atom. The lowest BCUT2D eigenvalue weighted by atomic mass is 9.98. The maximum atomic E-state index is 5.70. The number of ether oxygens (including phenoxy) is 1. The summed E-state index contributed by atoms with van der Waals surface area (Å²) in [5.41, 5.74) is 0. The van der Waals surface area contributed by atoms with Crippen molar-refractivity contribution in [3.63, 3.8) is 0 Å². The van der Waals surface area contributed by atoms with E-state index in [4.69, 9.17) is 4.74 Å². The van der Waals surface area contributed by atoms with Gasteiger partial charge in [-0.05, 0) is 18.8 Å². The summed E-state index contributed by atoms with van der Waals surface area (Å²) >= 11 is 1.51. The summed E-state index contributed by atoms with van der Waals surface area (Å²) in [6.07, 6.45) is 7.18. The first-order valence-corrected chi connectivity index (χ1v) is 8.47. The van der Waals surface area contributed by atoms with Gasteiger partial charge in [0.15, 0.2) is 0 Å². The Morgan fingerprint density at radius 2 is 2.14 bits per heavy atom. The fraction of sp³-hybridized carbons (Fsp3) is 0.600. The Morgan fingerprint density at radius 1 is 1.32 bits per heavy atom. The van der Waals surface area contributed by atoms with Crippen molar-refractivity contribution in [2.75, 3.05) is 24.6 Å². The van der Waals surface area contributed by atoms with Crippen LogP contribution in [0.25, 0.3) is 0 Å². The lowest BCUT2D eigenvalue weighted by molar-refractivity contribution is 0.215. The average molecular weight is 319 g/mol. The third-order valence-electron chi connectivity index (χ3n) is 3.84. The van der Waals surface area contributed by atoms with Crippen molar-refractivity contribution in [2.24, 2.45) is 5.92 Å². The SMILES string of the molecule is CC(C)c1nsc(N2CCC(COc3cnccn3)CC2)n1. The first-order valence-electron chi connectivity index (χ1n) is 7.69. The summed E-state index contributed by atoms with van der Waals surface area (Å²) < 4.78 is 10.1. The molecule has 2 aromatic rings. The highest BCUT2D eigenvalue weighted by Gasteiger charge is 2.22. The Hall–Kier alpha value is -1.76. The first-order chi connectivity index (χ1) is 10.7. The maximum Gasteiger partial charge on any atom is 0.232 e. The van der Waals surface area contributed by atoms with E-state index in [1.54, 1.807) is 18.6 Å². The van der Waals surface area contributed by atoms with Crippen molar-refractivity contribution < 1.29 is 4.74 Å². The van der Waals surface area contributed by atoms with Gasteiger partial charge >= 0.3 is 0 Å². The van der Waals surface area contributed by atoms with Crippen LogP contribution in [0.3, 0.4) is 0 Å². The number of anilines is 1. The molecule has 7 heteroatoms. The van der Waals surface area contributed by atoms with Crippen LogP contribution in [0.2, 0.25) is 0 Å². The van der Waals surface area contributed by atoms with Gasteiger partial charge in [0.1, 0.15) is 5.82 Å². The van der Waals surface area contributed by atoms with Gasteiger partial charge in [-0.15, -0.1) is 0 Å². The van der Waals surface area contributed by atoms with Gasteiger partial charge in [-0.2, -0.15) is 4.37 Å². The molecule has 6 nitrogen and oxygen atoms in total. The summed E-state index contributed by atoms with van der Waals surface area (Å²) in [5, 5.41) is 1.05. The molecular weight excluding hydrogens is 298 g/mol. The van der Waals surface area contributed by atoms with Gasteiger partial charge < -0.3 is 9.64 Å². The highest BCUT2D eigenvalue weighted by Crippen LogP contribution is 2.26. The molecule has 1 saturated heterocycles. The number of aromatic nitrogens is 4. The van der Waals surface area contributed by atoms with E-state index >= 15 is 0 Å². The number of rotatable bonds is 5. The van der Waals surface area contributed by atoms with Crippen LogP contribution in [-0.4, -0.2) is 39.0 Å². The molecule has 0 radical (unpaired) electrons. The molecule has 2 aromatic heterocycles. The average Bonchev–Trinajstić information content (AvgIpc) is 3.05. The van der Waals surface area contributed by atoms with Gasteiger partial charge in [0.05, 0.1) is 12.8 Å². The van der Waals surface area contributed by atoms with Crippen molar-refractivity contribution in [3.05, 3.63) is 24.4 Å². The van der Waals surface area contributed by atoms with Crippen LogP contribution in [0.4, 0.5) is 5.13 Å². The lowest BCUT2D eigenvalue weighted by Gasteiger charge is -2.31. The smallest absolute Gasteiger partial charge is 0.232 e. The van der Waals surface area contributed by atoms with Crippen LogP contribution in [0.5, 0.6) is 5.88 Å². The Labute approximate surface area is 134 Å². The van der Waals surface area contributed by atoms with Crippen molar-refractivity contribution >= 4 is 16.7 Å². The largest absolute Gasteiger partial charge is 0.476 e. The second-order valence-electron chi connectivity index (χ2n) is 5.87. The second-order valence-corrected chi connectivity index (χ2v) is 6.61. The van der Waals surface area contributed by atoms with E-state index in [1.165, 1.54) is 11.5 Å². The van der Waals surface area contributed by atoms with Crippen molar-refractivity contribution in [1.82, 2.24) is 19.3 Å². The zero-order valence-corrected chi connectivity index (χ0v) is 13.8. The quantitative estimate of drug-likeness (QED) is 0.844. The molecule has 0 spiro atoms. The lowest BCUT2D eigenvalue weighted by Crippen LogP contribution is -2.35. The molecule has 0 amide bonds. The number of hydrogen-bond acceptors (Lipinski definition) is 7. The van der Waals surface area contributed by atoms with Gasteiger partial charge in [0.25, 0.3) is 0 Å². The summed E-state index contributed by atoms with van der Waals surface area (Å²) in [4.78, 5) is 15.1. The van der Waals surface area contributed by atoms with E-state index in [-0.39, 0.29) is 0 Å². The molecule has 118 valence electrons. The Bertz CT molecular complexity index is 581.